The molecular weight excluding hydrogens is 367 g/mol. The lowest BCUT2D eigenvalue weighted by Gasteiger charge is -2.21. The summed E-state index contributed by atoms with van der Waals surface area (Å²) in [6, 6.07) is 25.0. The van der Waals surface area contributed by atoms with Crippen LogP contribution in [0.25, 0.3) is 0 Å². The fourth-order valence-electron chi connectivity index (χ4n) is 3.31. The number of benzene rings is 3. The highest BCUT2D eigenvalue weighted by atomic mass is 31.1. The van der Waals surface area contributed by atoms with Gasteiger partial charge in [0.2, 0.25) is 0 Å². The average Bonchev–Trinajstić information content (AvgIpc) is 2.75. The zero-order valence-electron chi connectivity index (χ0n) is 16.7. The molecule has 0 spiro atoms. The maximum absolute atomic E-state index is 5.59. The van der Waals surface area contributed by atoms with Crippen molar-refractivity contribution in [2.75, 3.05) is 21.3 Å². The first-order valence-electron chi connectivity index (χ1n) is 9.32. The van der Waals surface area contributed by atoms with Crippen LogP contribution in [0.1, 0.15) is 16.7 Å². The molecule has 146 valence electrons. The Balaban J connectivity index is 1.86. The van der Waals surface area contributed by atoms with E-state index in [0.717, 1.165) is 35.7 Å². The molecule has 0 aromatic heterocycles. The fourth-order valence-corrected chi connectivity index (χ4v) is 5.85. The van der Waals surface area contributed by atoms with Gasteiger partial charge >= 0.3 is 0 Å². The van der Waals surface area contributed by atoms with Crippen LogP contribution in [-0.4, -0.2) is 21.3 Å². The van der Waals surface area contributed by atoms with Crippen molar-refractivity contribution in [3.8, 4) is 17.2 Å². The Morgan fingerprint density at radius 3 is 1.54 bits per heavy atom. The smallest absolute Gasteiger partial charge is 0.122 e. The van der Waals surface area contributed by atoms with Gasteiger partial charge in [0.1, 0.15) is 17.2 Å². The summed E-state index contributed by atoms with van der Waals surface area (Å²) < 4.78 is 16.5. The Morgan fingerprint density at radius 2 is 1.07 bits per heavy atom. The van der Waals surface area contributed by atoms with Crippen molar-refractivity contribution in [2.24, 2.45) is 0 Å². The van der Waals surface area contributed by atoms with E-state index in [1.54, 1.807) is 21.3 Å². The highest BCUT2D eigenvalue weighted by Crippen LogP contribution is 2.49. The second kappa shape index (κ2) is 10.1. The SMILES string of the molecule is COc1ccc(CP(Cc2ccccc2OC)Cc2ccccc2OC)cc1. The molecule has 28 heavy (non-hydrogen) atoms. The Bertz CT molecular complexity index is 828. The predicted molar refractivity (Wildman–Crippen MR) is 117 cm³/mol. The van der Waals surface area contributed by atoms with Gasteiger partial charge in [0.25, 0.3) is 0 Å². The first-order chi connectivity index (χ1) is 13.7. The van der Waals surface area contributed by atoms with Crippen molar-refractivity contribution in [1.82, 2.24) is 0 Å². The quantitative estimate of drug-likeness (QED) is 0.411. The molecule has 4 heteroatoms. The lowest BCUT2D eigenvalue weighted by Crippen LogP contribution is -1.98. The van der Waals surface area contributed by atoms with Gasteiger partial charge in [-0.15, -0.1) is 0 Å². The Morgan fingerprint density at radius 1 is 0.571 bits per heavy atom. The van der Waals surface area contributed by atoms with E-state index in [9.17, 15) is 0 Å². The molecule has 0 aliphatic heterocycles. The van der Waals surface area contributed by atoms with E-state index in [0.29, 0.717) is 0 Å². The highest BCUT2D eigenvalue weighted by molar-refractivity contribution is 7.55. The summed E-state index contributed by atoms with van der Waals surface area (Å²) in [6.07, 6.45) is 3.04. The van der Waals surface area contributed by atoms with Gasteiger partial charge < -0.3 is 14.2 Å². The molecule has 0 radical (unpaired) electrons. The topological polar surface area (TPSA) is 27.7 Å². The number of ether oxygens (including phenoxy) is 3. The number of hydrogen-bond acceptors (Lipinski definition) is 3. The number of rotatable bonds is 9. The Hall–Kier alpha value is -2.51. The molecule has 0 aliphatic rings. The van der Waals surface area contributed by atoms with Gasteiger partial charge in [0.05, 0.1) is 21.3 Å². The van der Waals surface area contributed by atoms with Crippen LogP contribution in [0.3, 0.4) is 0 Å². The molecule has 0 N–H and O–H groups in total. The zero-order valence-corrected chi connectivity index (χ0v) is 17.6. The normalized spacial score (nSPS) is 10.7. The lowest BCUT2D eigenvalue weighted by atomic mass is 10.2. The summed E-state index contributed by atoms with van der Waals surface area (Å²) in [5.41, 5.74) is 3.86. The van der Waals surface area contributed by atoms with Crippen LogP contribution in [0.2, 0.25) is 0 Å². The number of para-hydroxylation sites is 2. The van der Waals surface area contributed by atoms with E-state index in [-0.39, 0.29) is 7.92 Å². The Kier molecular flexibility index (Phi) is 7.33. The molecule has 0 saturated heterocycles. The lowest BCUT2D eigenvalue weighted by molar-refractivity contribution is 0.411. The minimum absolute atomic E-state index is 0.348. The third-order valence-corrected chi connectivity index (χ3v) is 7.13. The molecule has 0 saturated carbocycles. The highest BCUT2D eigenvalue weighted by Gasteiger charge is 2.16. The largest absolute Gasteiger partial charge is 0.497 e. The molecule has 3 rings (SSSR count). The van der Waals surface area contributed by atoms with E-state index in [1.807, 2.05) is 36.4 Å². The van der Waals surface area contributed by atoms with Crippen molar-refractivity contribution in [1.29, 1.82) is 0 Å². The van der Waals surface area contributed by atoms with E-state index in [1.165, 1.54) is 16.7 Å². The van der Waals surface area contributed by atoms with Crippen molar-refractivity contribution >= 4 is 7.92 Å². The predicted octanol–water partition coefficient (Wildman–Crippen LogP) is 6.09. The third kappa shape index (κ3) is 5.27. The zero-order chi connectivity index (χ0) is 19.8. The average molecular weight is 394 g/mol. The molecule has 0 heterocycles. The van der Waals surface area contributed by atoms with Crippen LogP contribution in [-0.2, 0) is 18.5 Å². The summed E-state index contributed by atoms with van der Waals surface area (Å²) in [5.74, 6) is 2.82. The summed E-state index contributed by atoms with van der Waals surface area (Å²) in [6.45, 7) is 0. The maximum atomic E-state index is 5.59. The molecule has 3 aromatic rings. The number of hydrogen-bond donors (Lipinski definition) is 0. The van der Waals surface area contributed by atoms with E-state index in [4.69, 9.17) is 14.2 Å². The molecule has 3 nitrogen and oxygen atoms in total. The van der Waals surface area contributed by atoms with Crippen LogP contribution >= 0.6 is 7.92 Å². The second-order valence-corrected chi connectivity index (χ2v) is 8.91. The van der Waals surface area contributed by atoms with Crippen molar-refractivity contribution in [3.63, 3.8) is 0 Å². The van der Waals surface area contributed by atoms with Gasteiger partial charge in [0.15, 0.2) is 0 Å². The molecule has 0 bridgehead atoms. The Labute approximate surface area is 169 Å². The summed E-state index contributed by atoms with van der Waals surface area (Å²) in [7, 11) is 4.83. The van der Waals surface area contributed by atoms with Gasteiger partial charge in [0, 0.05) is 0 Å². The van der Waals surface area contributed by atoms with Gasteiger partial charge in [-0.25, -0.2) is 0 Å². The van der Waals surface area contributed by atoms with Crippen molar-refractivity contribution < 1.29 is 14.2 Å². The second-order valence-electron chi connectivity index (χ2n) is 6.62. The summed E-state index contributed by atoms with van der Waals surface area (Å²) >= 11 is 0. The first-order valence-corrected chi connectivity index (χ1v) is 11.2. The van der Waals surface area contributed by atoms with E-state index in [2.05, 4.69) is 36.4 Å². The van der Waals surface area contributed by atoms with Gasteiger partial charge in [-0.05, 0) is 59.4 Å². The number of methoxy groups -OCH3 is 3. The molecule has 0 fully saturated rings. The van der Waals surface area contributed by atoms with E-state index < -0.39 is 0 Å². The molecule has 0 aliphatic carbocycles. The molecular formula is C24H27O3P. The van der Waals surface area contributed by atoms with Crippen LogP contribution in [0.4, 0.5) is 0 Å². The van der Waals surface area contributed by atoms with Crippen LogP contribution in [0.15, 0.2) is 72.8 Å². The van der Waals surface area contributed by atoms with Gasteiger partial charge in [-0.1, -0.05) is 56.5 Å². The van der Waals surface area contributed by atoms with Gasteiger partial charge in [-0.2, -0.15) is 0 Å². The monoisotopic (exact) mass is 394 g/mol. The van der Waals surface area contributed by atoms with Crippen molar-refractivity contribution in [2.45, 2.75) is 18.5 Å². The maximum Gasteiger partial charge on any atom is 0.122 e. The summed E-state index contributed by atoms with van der Waals surface area (Å²) in [5, 5.41) is 0. The minimum Gasteiger partial charge on any atom is -0.497 e. The standard InChI is InChI=1S/C24H27O3P/c1-25-22-14-12-19(13-15-22)16-28(17-20-8-4-6-10-23(20)26-2)18-21-9-5-7-11-24(21)27-3/h4-15H,16-18H2,1-3H3. The molecule has 0 amide bonds. The molecule has 3 aromatic carbocycles. The van der Waals surface area contributed by atoms with Gasteiger partial charge in [-0.3, -0.25) is 0 Å². The minimum atomic E-state index is -0.348. The van der Waals surface area contributed by atoms with E-state index >= 15 is 0 Å². The van der Waals surface area contributed by atoms with Crippen LogP contribution < -0.4 is 14.2 Å². The molecule has 0 atom stereocenters. The summed E-state index contributed by atoms with van der Waals surface area (Å²) in [4.78, 5) is 0. The van der Waals surface area contributed by atoms with Crippen LogP contribution in [0.5, 0.6) is 17.2 Å². The fraction of sp³-hybridized carbons (Fsp3) is 0.250. The first kappa shape index (κ1) is 20.2. The van der Waals surface area contributed by atoms with Crippen LogP contribution in [0, 0.1) is 0 Å². The third-order valence-electron chi connectivity index (χ3n) is 4.74. The molecule has 0 unspecified atom stereocenters. The van der Waals surface area contributed by atoms with Crippen molar-refractivity contribution in [3.05, 3.63) is 89.5 Å².